The topological polar surface area (TPSA) is 63.1 Å². The normalized spacial score (nSPS) is 9.09. The van der Waals surface area contributed by atoms with Gasteiger partial charge in [0.25, 0.3) is 0 Å². The fourth-order valence-electron chi connectivity index (χ4n) is 0.579. The molecule has 56 valence electrons. The minimum atomic E-state index is -1.07. The second-order valence-corrected chi connectivity index (χ2v) is 1.88. The molecule has 1 rings (SSSR count). The Morgan fingerprint density at radius 3 is 2.82 bits per heavy atom. The number of aromatic nitrogens is 2. The van der Waals surface area contributed by atoms with Crippen molar-refractivity contribution in [2.45, 2.75) is 0 Å². The number of hydrogen-bond donors (Lipinski definition) is 1. The summed E-state index contributed by atoms with van der Waals surface area (Å²) in [7, 11) is 0. The molecule has 0 saturated carbocycles. The molecule has 0 bridgehead atoms. The Balaban J connectivity index is 2.95. The van der Waals surface area contributed by atoms with Crippen molar-refractivity contribution in [3.05, 3.63) is 30.9 Å². The van der Waals surface area contributed by atoms with Gasteiger partial charge in [-0.25, -0.2) is 14.8 Å². The zero-order valence-electron chi connectivity index (χ0n) is 5.69. The summed E-state index contributed by atoms with van der Waals surface area (Å²) >= 11 is 0. The van der Waals surface area contributed by atoms with E-state index in [1.54, 1.807) is 0 Å². The van der Waals surface area contributed by atoms with E-state index in [4.69, 9.17) is 5.11 Å². The van der Waals surface area contributed by atoms with Crippen LogP contribution in [0.3, 0.4) is 0 Å². The summed E-state index contributed by atoms with van der Waals surface area (Å²) in [5.41, 5.74) is 0.319. The summed E-state index contributed by atoms with van der Waals surface area (Å²) < 4.78 is 0. The molecule has 4 heteroatoms. The second kappa shape index (κ2) is 2.92. The molecule has 0 fully saturated rings. The molecule has 0 amide bonds. The number of carbonyl (C=O) groups is 1. The lowest BCUT2D eigenvalue weighted by Crippen LogP contribution is -1.99. The van der Waals surface area contributed by atoms with Crippen molar-refractivity contribution in [2.24, 2.45) is 0 Å². The second-order valence-electron chi connectivity index (χ2n) is 1.88. The number of aliphatic carboxylic acids is 1. The van der Waals surface area contributed by atoms with E-state index in [-0.39, 0.29) is 5.57 Å². The molecule has 1 aromatic rings. The van der Waals surface area contributed by atoms with Crippen molar-refractivity contribution >= 4 is 11.5 Å². The molecule has 0 saturated heterocycles. The fraction of sp³-hybridized carbons (Fsp3) is 0. The first-order chi connectivity index (χ1) is 5.22. The maximum Gasteiger partial charge on any atom is 0.337 e. The van der Waals surface area contributed by atoms with E-state index >= 15 is 0 Å². The Labute approximate surface area is 63.2 Å². The van der Waals surface area contributed by atoms with Crippen molar-refractivity contribution < 1.29 is 9.90 Å². The molecule has 0 aromatic carbocycles. The van der Waals surface area contributed by atoms with Crippen molar-refractivity contribution in [1.82, 2.24) is 9.97 Å². The molecule has 0 aliphatic rings. The van der Waals surface area contributed by atoms with Crippen LogP contribution in [0.15, 0.2) is 25.2 Å². The van der Waals surface area contributed by atoms with Gasteiger partial charge in [0.1, 0.15) is 6.33 Å². The van der Waals surface area contributed by atoms with Gasteiger partial charge in [0.15, 0.2) is 0 Å². The molecular formula is C7H6N2O2. The van der Waals surface area contributed by atoms with Crippen molar-refractivity contribution in [2.75, 3.05) is 0 Å². The van der Waals surface area contributed by atoms with Crippen LogP contribution in [-0.4, -0.2) is 21.0 Å². The van der Waals surface area contributed by atoms with Gasteiger partial charge in [0.05, 0.1) is 11.3 Å². The SMILES string of the molecule is C=C(C(=O)O)c1ccncn1. The summed E-state index contributed by atoms with van der Waals surface area (Å²) in [6, 6.07) is 1.50. The van der Waals surface area contributed by atoms with E-state index in [1.807, 2.05) is 0 Å². The third-order valence-electron chi connectivity index (χ3n) is 1.15. The predicted molar refractivity (Wildman–Crippen MR) is 38.7 cm³/mol. The highest BCUT2D eigenvalue weighted by Crippen LogP contribution is 2.06. The van der Waals surface area contributed by atoms with Crippen LogP contribution in [0.1, 0.15) is 5.69 Å². The highest BCUT2D eigenvalue weighted by atomic mass is 16.4. The minimum Gasteiger partial charge on any atom is -0.478 e. The van der Waals surface area contributed by atoms with Crippen molar-refractivity contribution in [3.63, 3.8) is 0 Å². The molecule has 4 nitrogen and oxygen atoms in total. The maximum atomic E-state index is 10.3. The molecule has 1 aromatic heterocycles. The first-order valence-electron chi connectivity index (χ1n) is 2.90. The molecule has 1 heterocycles. The lowest BCUT2D eigenvalue weighted by molar-refractivity contribution is -0.130. The largest absolute Gasteiger partial charge is 0.478 e. The highest BCUT2D eigenvalue weighted by Gasteiger charge is 2.06. The fourth-order valence-corrected chi connectivity index (χ4v) is 0.579. The van der Waals surface area contributed by atoms with Gasteiger partial charge in [-0.2, -0.15) is 0 Å². The van der Waals surface area contributed by atoms with E-state index < -0.39 is 5.97 Å². The number of rotatable bonds is 2. The zero-order valence-corrected chi connectivity index (χ0v) is 5.69. The summed E-state index contributed by atoms with van der Waals surface area (Å²) in [6.07, 6.45) is 2.75. The van der Waals surface area contributed by atoms with Crippen LogP contribution in [0.5, 0.6) is 0 Å². The molecule has 0 aliphatic carbocycles. The quantitative estimate of drug-likeness (QED) is 0.626. The average molecular weight is 150 g/mol. The van der Waals surface area contributed by atoms with Gasteiger partial charge >= 0.3 is 5.97 Å². The van der Waals surface area contributed by atoms with E-state index in [2.05, 4.69) is 16.5 Å². The van der Waals surface area contributed by atoms with Crippen LogP contribution in [-0.2, 0) is 4.79 Å². The van der Waals surface area contributed by atoms with Crippen LogP contribution in [0.25, 0.3) is 5.57 Å². The summed E-state index contributed by atoms with van der Waals surface area (Å²) in [5, 5.41) is 8.48. The zero-order chi connectivity index (χ0) is 8.27. The van der Waals surface area contributed by atoms with E-state index in [0.29, 0.717) is 5.69 Å². The van der Waals surface area contributed by atoms with Gasteiger partial charge in [0, 0.05) is 6.20 Å². The van der Waals surface area contributed by atoms with E-state index in [1.165, 1.54) is 18.6 Å². The van der Waals surface area contributed by atoms with E-state index in [9.17, 15) is 4.79 Å². The summed E-state index contributed by atoms with van der Waals surface area (Å²) in [5.74, 6) is -1.07. The van der Waals surface area contributed by atoms with E-state index in [0.717, 1.165) is 0 Å². The molecule has 0 radical (unpaired) electrons. The molecule has 0 unspecified atom stereocenters. The number of nitrogens with zero attached hydrogens (tertiary/aromatic N) is 2. The van der Waals surface area contributed by atoms with Gasteiger partial charge in [-0.1, -0.05) is 6.58 Å². The molecular weight excluding hydrogens is 144 g/mol. The molecule has 1 N–H and O–H groups in total. The molecule has 0 spiro atoms. The van der Waals surface area contributed by atoms with Gasteiger partial charge in [-0.3, -0.25) is 0 Å². The van der Waals surface area contributed by atoms with Gasteiger partial charge in [-0.15, -0.1) is 0 Å². The standard InChI is InChI=1S/C7H6N2O2/c1-5(7(10)11)6-2-3-8-4-9-6/h2-4H,1H2,(H,10,11). The number of hydrogen-bond acceptors (Lipinski definition) is 3. The van der Waals surface area contributed by atoms with Crippen LogP contribution in [0, 0.1) is 0 Å². The number of carboxylic acids is 1. The average Bonchev–Trinajstić information content (AvgIpc) is 2.05. The van der Waals surface area contributed by atoms with Crippen LogP contribution >= 0.6 is 0 Å². The predicted octanol–water partition coefficient (Wildman–Crippen LogP) is 0.574. The molecule has 11 heavy (non-hydrogen) atoms. The van der Waals surface area contributed by atoms with Crippen LogP contribution < -0.4 is 0 Å². The first-order valence-corrected chi connectivity index (χ1v) is 2.90. The Bertz CT molecular complexity index is 282. The Kier molecular flexibility index (Phi) is 1.96. The van der Waals surface area contributed by atoms with Crippen molar-refractivity contribution in [3.8, 4) is 0 Å². The molecule has 0 atom stereocenters. The van der Waals surface area contributed by atoms with Crippen LogP contribution in [0.4, 0.5) is 0 Å². The van der Waals surface area contributed by atoms with Crippen molar-refractivity contribution in [1.29, 1.82) is 0 Å². The smallest absolute Gasteiger partial charge is 0.337 e. The first kappa shape index (κ1) is 7.40. The Morgan fingerprint density at radius 1 is 1.64 bits per heavy atom. The third kappa shape index (κ3) is 1.61. The molecule has 0 aliphatic heterocycles. The Morgan fingerprint density at radius 2 is 2.36 bits per heavy atom. The number of carboxylic acid groups (broad SMARTS) is 1. The lowest BCUT2D eigenvalue weighted by Gasteiger charge is -1.95. The summed E-state index contributed by atoms with van der Waals surface area (Å²) in [6.45, 7) is 3.33. The minimum absolute atomic E-state index is 0.0209. The third-order valence-corrected chi connectivity index (χ3v) is 1.15. The van der Waals surface area contributed by atoms with Gasteiger partial charge < -0.3 is 5.11 Å². The summed E-state index contributed by atoms with van der Waals surface area (Å²) in [4.78, 5) is 17.7. The lowest BCUT2D eigenvalue weighted by atomic mass is 10.2. The Hall–Kier alpha value is -1.71. The van der Waals surface area contributed by atoms with Crippen LogP contribution in [0.2, 0.25) is 0 Å². The van der Waals surface area contributed by atoms with Gasteiger partial charge in [-0.05, 0) is 6.07 Å². The van der Waals surface area contributed by atoms with Gasteiger partial charge in [0.2, 0.25) is 0 Å². The maximum absolute atomic E-state index is 10.3. The monoisotopic (exact) mass is 150 g/mol. The highest BCUT2D eigenvalue weighted by molar-refractivity contribution is 6.13.